The van der Waals surface area contributed by atoms with Gasteiger partial charge >= 0.3 is 5.97 Å². The van der Waals surface area contributed by atoms with Gasteiger partial charge in [-0.1, -0.05) is 26.0 Å². The van der Waals surface area contributed by atoms with Crippen molar-refractivity contribution in [2.75, 3.05) is 0 Å². The Morgan fingerprint density at radius 1 is 1.18 bits per heavy atom. The molecule has 0 amide bonds. The summed E-state index contributed by atoms with van der Waals surface area (Å²) < 4.78 is 32.8. The summed E-state index contributed by atoms with van der Waals surface area (Å²) in [6, 6.07) is 5.99. The van der Waals surface area contributed by atoms with Crippen molar-refractivity contribution in [3.8, 4) is 0 Å². The molecule has 0 unspecified atom stereocenters. The van der Waals surface area contributed by atoms with Gasteiger partial charge in [-0.05, 0) is 62.1 Å². The van der Waals surface area contributed by atoms with Crippen molar-refractivity contribution in [3.05, 3.63) is 35.6 Å². The number of aliphatic carboxylic acids is 1. The molecular formula is C25H33FO7. The van der Waals surface area contributed by atoms with Crippen molar-refractivity contribution in [1.82, 2.24) is 0 Å². The van der Waals surface area contributed by atoms with E-state index in [2.05, 4.69) is 13.8 Å². The second-order valence-corrected chi connectivity index (χ2v) is 10.4. The zero-order chi connectivity index (χ0) is 23.4. The predicted molar refractivity (Wildman–Crippen MR) is 114 cm³/mol. The molecule has 1 saturated carbocycles. The van der Waals surface area contributed by atoms with Crippen LogP contribution in [0.1, 0.15) is 71.0 Å². The van der Waals surface area contributed by atoms with Crippen molar-refractivity contribution in [2.45, 2.75) is 89.4 Å². The molecule has 1 aromatic rings. The van der Waals surface area contributed by atoms with Crippen LogP contribution in [0, 0.1) is 29.5 Å². The Morgan fingerprint density at radius 3 is 2.67 bits per heavy atom. The first-order chi connectivity index (χ1) is 15.7. The van der Waals surface area contributed by atoms with Crippen LogP contribution in [0.15, 0.2) is 24.3 Å². The van der Waals surface area contributed by atoms with E-state index in [0.29, 0.717) is 5.92 Å². The summed E-state index contributed by atoms with van der Waals surface area (Å²) in [5.41, 5.74) is 0.0399. The normalized spacial score (nSPS) is 42.9. The lowest BCUT2D eigenvalue weighted by Gasteiger charge is -2.60. The number of fused-ring (bicyclic) bond motifs is 2. The molecule has 5 fully saturated rings. The molecule has 33 heavy (non-hydrogen) atoms. The number of carboxylic acid groups (broad SMARTS) is 1. The van der Waals surface area contributed by atoms with Crippen molar-refractivity contribution < 1.29 is 38.3 Å². The van der Waals surface area contributed by atoms with E-state index < -0.39 is 36.0 Å². The zero-order valence-corrected chi connectivity index (χ0v) is 19.4. The van der Waals surface area contributed by atoms with Crippen molar-refractivity contribution in [1.29, 1.82) is 0 Å². The molecule has 5 aliphatic rings. The lowest BCUT2D eigenvalue weighted by molar-refractivity contribution is -0.578. The maximum Gasteiger partial charge on any atom is 0.303 e. The van der Waals surface area contributed by atoms with E-state index in [1.165, 1.54) is 12.1 Å². The summed E-state index contributed by atoms with van der Waals surface area (Å²) in [5, 5.41) is 9.24. The number of rotatable bonds is 6. The summed E-state index contributed by atoms with van der Waals surface area (Å²) >= 11 is 0. The molecule has 1 aliphatic carbocycles. The first-order valence-electron chi connectivity index (χ1n) is 12.0. The van der Waals surface area contributed by atoms with Crippen LogP contribution in [0.2, 0.25) is 0 Å². The highest BCUT2D eigenvalue weighted by Gasteiger charge is 2.69. The van der Waals surface area contributed by atoms with Crippen LogP contribution in [0.25, 0.3) is 0 Å². The van der Waals surface area contributed by atoms with Gasteiger partial charge in [-0.15, -0.1) is 0 Å². The smallest absolute Gasteiger partial charge is 0.303 e. The maximum atomic E-state index is 13.5. The van der Waals surface area contributed by atoms with Gasteiger partial charge in [0.2, 0.25) is 5.79 Å². The number of halogens is 1. The number of carboxylic acids is 1. The highest BCUT2D eigenvalue weighted by atomic mass is 19.1. The largest absolute Gasteiger partial charge is 0.481 e. The maximum absolute atomic E-state index is 13.5. The number of benzene rings is 1. The SMILES string of the molecule is C[C@H]1[C@@H](O[C@H](CCC(=O)O)c2ccc(F)cc2)O[C@@H]2O[C@@]3(C)CC[C@H]4[C@H](C)CC[C@@H]1[C@@]24OO3. The molecule has 6 rings (SSSR count). The van der Waals surface area contributed by atoms with E-state index in [0.717, 1.165) is 31.2 Å². The number of hydrogen-bond donors (Lipinski definition) is 1. The van der Waals surface area contributed by atoms with Crippen molar-refractivity contribution >= 4 is 5.97 Å². The van der Waals surface area contributed by atoms with Gasteiger partial charge in [-0.25, -0.2) is 14.2 Å². The third-order valence-corrected chi connectivity index (χ3v) is 8.26. The monoisotopic (exact) mass is 464 g/mol. The topological polar surface area (TPSA) is 83.5 Å². The molecule has 182 valence electrons. The van der Waals surface area contributed by atoms with Crippen LogP contribution < -0.4 is 0 Å². The summed E-state index contributed by atoms with van der Waals surface area (Å²) in [6.45, 7) is 6.23. The second kappa shape index (κ2) is 8.57. The van der Waals surface area contributed by atoms with E-state index in [1.807, 2.05) is 6.92 Å². The molecule has 2 bridgehead atoms. The molecule has 1 aromatic carbocycles. The fourth-order valence-corrected chi connectivity index (χ4v) is 6.43. The quantitative estimate of drug-likeness (QED) is 0.596. The number of ether oxygens (including phenoxy) is 3. The first kappa shape index (κ1) is 23.2. The molecule has 4 saturated heterocycles. The molecule has 4 heterocycles. The third kappa shape index (κ3) is 4.00. The van der Waals surface area contributed by atoms with Crippen LogP contribution in [0.3, 0.4) is 0 Å². The molecular weight excluding hydrogens is 431 g/mol. The fraction of sp³-hybridized carbons (Fsp3) is 0.720. The average molecular weight is 465 g/mol. The summed E-state index contributed by atoms with van der Waals surface area (Å²) in [7, 11) is 0. The van der Waals surface area contributed by atoms with Crippen LogP contribution in [0.4, 0.5) is 4.39 Å². The lowest BCUT2D eigenvalue weighted by Crippen LogP contribution is -2.70. The van der Waals surface area contributed by atoms with E-state index >= 15 is 0 Å². The molecule has 1 N–H and O–H groups in total. The Morgan fingerprint density at radius 2 is 1.94 bits per heavy atom. The lowest BCUT2D eigenvalue weighted by atomic mass is 9.58. The van der Waals surface area contributed by atoms with Gasteiger partial charge in [-0.3, -0.25) is 4.79 Å². The Hall–Kier alpha value is -1.58. The average Bonchev–Trinajstić information content (AvgIpc) is 3.01. The molecule has 8 heteroatoms. The van der Waals surface area contributed by atoms with Gasteiger partial charge in [0.05, 0.1) is 6.10 Å². The standard InChI is InChI=1S/C25H33FO7/c1-14-4-9-19-15(2)22(29-20(10-11-21(27)28)16-5-7-17(26)8-6-16)30-23-25(19)18(14)12-13-24(3,31-23)32-33-25/h5-8,14-15,18-20,22-23H,4,9-13H2,1-3H3,(H,27,28)/t14-,15-,18+,19+,20-,22+,23-,24-,25-/m1/s1. The minimum absolute atomic E-state index is 0.0290. The third-order valence-electron chi connectivity index (χ3n) is 8.26. The van der Waals surface area contributed by atoms with Crippen LogP contribution in [-0.4, -0.2) is 35.0 Å². The fourth-order valence-electron chi connectivity index (χ4n) is 6.43. The van der Waals surface area contributed by atoms with E-state index in [-0.39, 0.29) is 36.4 Å². The van der Waals surface area contributed by atoms with E-state index in [1.54, 1.807) is 12.1 Å². The van der Waals surface area contributed by atoms with Crippen LogP contribution in [-0.2, 0) is 28.8 Å². The van der Waals surface area contributed by atoms with Gasteiger partial charge in [0.25, 0.3) is 0 Å². The minimum Gasteiger partial charge on any atom is -0.481 e. The highest BCUT2D eigenvalue weighted by molar-refractivity contribution is 5.66. The van der Waals surface area contributed by atoms with Gasteiger partial charge in [-0.2, -0.15) is 0 Å². The zero-order valence-electron chi connectivity index (χ0n) is 19.4. The number of hydrogen-bond acceptors (Lipinski definition) is 6. The van der Waals surface area contributed by atoms with E-state index in [4.69, 9.17) is 24.0 Å². The van der Waals surface area contributed by atoms with Gasteiger partial charge in [0, 0.05) is 24.7 Å². The number of carbonyl (C=O) groups is 1. The molecule has 1 spiro atoms. The van der Waals surface area contributed by atoms with E-state index in [9.17, 15) is 14.3 Å². The summed E-state index contributed by atoms with van der Waals surface area (Å²) in [5.74, 6) is -1.33. The van der Waals surface area contributed by atoms with Crippen LogP contribution >= 0.6 is 0 Å². The molecule has 7 nitrogen and oxygen atoms in total. The predicted octanol–water partition coefficient (Wildman–Crippen LogP) is 4.96. The summed E-state index contributed by atoms with van der Waals surface area (Å²) in [6.07, 6.45) is 2.10. The molecule has 0 radical (unpaired) electrons. The minimum atomic E-state index is -0.908. The van der Waals surface area contributed by atoms with Crippen LogP contribution in [0.5, 0.6) is 0 Å². The Balaban J connectivity index is 1.43. The Bertz CT molecular complexity index is 878. The molecule has 4 aliphatic heterocycles. The Kier molecular flexibility index (Phi) is 6.02. The highest BCUT2D eigenvalue weighted by Crippen LogP contribution is 2.60. The van der Waals surface area contributed by atoms with Crippen molar-refractivity contribution in [2.24, 2.45) is 23.7 Å². The van der Waals surface area contributed by atoms with Crippen molar-refractivity contribution in [3.63, 3.8) is 0 Å². The molecule has 0 aromatic heterocycles. The second-order valence-electron chi connectivity index (χ2n) is 10.4. The van der Waals surface area contributed by atoms with Gasteiger partial charge in [0.15, 0.2) is 18.2 Å². The van der Waals surface area contributed by atoms with Gasteiger partial charge in [0.1, 0.15) is 5.82 Å². The molecule has 9 atom stereocenters. The first-order valence-corrected chi connectivity index (χ1v) is 12.0. The van der Waals surface area contributed by atoms with Gasteiger partial charge < -0.3 is 19.3 Å². The summed E-state index contributed by atoms with van der Waals surface area (Å²) in [4.78, 5) is 23.3. The Labute approximate surface area is 193 Å².